The monoisotopic (exact) mass is 301 g/mol. The Hall–Kier alpha value is -1.23. The first kappa shape index (κ1) is 13.8. The fraction of sp³-hybridized carbons (Fsp3) is 0.417. The zero-order chi connectivity index (χ0) is 12.8. The fourth-order valence-corrected chi connectivity index (χ4v) is 1.73. The van der Waals surface area contributed by atoms with Crippen molar-refractivity contribution in [2.45, 2.75) is 13.3 Å². The van der Waals surface area contributed by atoms with Crippen molar-refractivity contribution < 1.29 is 14.6 Å². The summed E-state index contributed by atoms with van der Waals surface area (Å²) in [4.78, 5) is 10.7. The maximum atomic E-state index is 10.7. The number of benzene rings is 1. The summed E-state index contributed by atoms with van der Waals surface area (Å²) in [6.45, 7) is 2.29. The molecule has 0 amide bonds. The smallest absolute Gasteiger partial charge is 0.306 e. The zero-order valence-electron chi connectivity index (χ0n) is 9.87. The second-order valence-corrected chi connectivity index (χ2v) is 4.72. The van der Waals surface area contributed by atoms with Gasteiger partial charge in [-0.25, -0.2) is 0 Å². The summed E-state index contributed by atoms with van der Waals surface area (Å²) < 4.78 is 6.16. The van der Waals surface area contributed by atoms with Gasteiger partial charge in [0.1, 0.15) is 5.75 Å². The molecule has 0 aliphatic carbocycles. The van der Waals surface area contributed by atoms with Crippen molar-refractivity contribution in [2.75, 3.05) is 19.0 Å². The van der Waals surface area contributed by atoms with Crippen LogP contribution < -0.4 is 10.1 Å². The van der Waals surface area contributed by atoms with Crippen molar-refractivity contribution >= 4 is 27.6 Å². The van der Waals surface area contributed by atoms with E-state index >= 15 is 0 Å². The van der Waals surface area contributed by atoms with E-state index in [0.717, 1.165) is 15.9 Å². The summed E-state index contributed by atoms with van der Waals surface area (Å²) in [5.74, 6) is -0.371. The molecule has 0 radical (unpaired) electrons. The van der Waals surface area contributed by atoms with Crippen LogP contribution in [-0.4, -0.2) is 24.7 Å². The Kier molecular flexibility index (Phi) is 5.28. The topological polar surface area (TPSA) is 58.6 Å². The zero-order valence-corrected chi connectivity index (χ0v) is 11.5. The van der Waals surface area contributed by atoms with Crippen LogP contribution in [0.3, 0.4) is 0 Å². The Labute approximate surface area is 109 Å². The van der Waals surface area contributed by atoms with Gasteiger partial charge in [-0.05, 0) is 24.6 Å². The number of aliphatic carboxylic acids is 1. The lowest BCUT2D eigenvalue weighted by molar-refractivity contribution is -0.141. The average molecular weight is 302 g/mol. The van der Waals surface area contributed by atoms with Crippen LogP contribution in [0.5, 0.6) is 5.75 Å². The molecule has 0 saturated carbocycles. The molecule has 1 unspecified atom stereocenters. The summed E-state index contributed by atoms with van der Waals surface area (Å²) >= 11 is 3.38. The number of nitrogens with one attached hydrogen (secondary N) is 1. The third kappa shape index (κ3) is 4.26. The van der Waals surface area contributed by atoms with E-state index in [1.54, 1.807) is 14.0 Å². The normalized spacial score (nSPS) is 11.9. The van der Waals surface area contributed by atoms with E-state index in [1.807, 2.05) is 18.2 Å². The van der Waals surface area contributed by atoms with Crippen molar-refractivity contribution in [3.63, 3.8) is 0 Å². The highest BCUT2D eigenvalue weighted by Crippen LogP contribution is 2.27. The molecule has 2 N–H and O–H groups in total. The molecule has 4 nitrogen and oxygen atoms in total. The average Bonchev–Trinajstić information content (AvgIpc) is 2.29. The predicted molar refractivity (Wildman–Crippen MR) is 70.6 cm³/mol. The van der Waals surface area contributed by atoms with Gasteiger partial charge in [0, 0.05) is 11.0 Å². The number of anilines is 1. The van der Waals surface area contributed by atoms with Crippen LogP contribution in [0.25, 0.3) is 0 Å². The number of rotatable bonds is 6. The standard InChI is InChI=1S/C12H16BrNO3/c1-8(12(15)16)5-6-14-10-7-9(13)3-4-11(10)17-2/h3-4,7-8,14H,5-6H2,1-2H3,(H,15,16). The van der Waals surface area contributed by atoms with Crippen LogP contribution in [0.2, 0.25) is 0 Å². The Morgan fingerprint density at radius 2 is 2.29 bits per heavy atom. The molecule has 1 rings (SSSR count). The second kappa shape index (κ2) is 6.49. The van der Waals surface area contributed by atoms with Gasteiger partial charge in [-0.1, -0.05) is 22.9 Å². The lowest BCUT2D eigenvalue weighted by atomic mass is 10.1. The van der Waals surface area contributed by atoms with Crippen molar-refractivity contribution in [3.05, 3.63) is 22.7 Å². The summed E-state index contributed by atoms with van der Waals surface area (Å²) in [7, 11) is 1.61. The molecule has 0 heterocycles. The summed E-state index contributed by atoms with van der Waals surface area (Å²) in [5, 5.41) is 11.9. The molecule has 0 aliphatic rings. The van der Waals surface area contributed by atoms with Crippen LogP contribution >= 0.6 is 15.9 Å². The second-order valence-electron chi connectivity index (χ2n) is 3.80. The maximum Gasteiger partial charge on any atom is 0.306 e. The first-order valence-electron chi connectivity index (χ1n) is 5.34. The van der Waals surface area contributed by atoms with Crippen LogP contribution in [-0.2, 0) is 4.79 Å². The number of halogens is 1. The highest BCUT2D eigenvalue weighted by atomic mass is 79.9. The van der Waals surface area contributed by atoms with E-state index in [1.165, 1.54) is 0 Å². The lowest BCUT2D eigenvalue weighted by Crippen LogP contribution is -2.14. The van der Waals surface area contributed by atoms with Gasteiger partial charge in [-0.15, -0.1) is 0 Å². The molecular weight excluding hydrogens is 286 g/mol. The fourth-order valence-electron chi connectivity index (χ4n) is 1.37. The molecule has 0 aromatic heterocycles. The molecule has 0 saturated heterocycles. The van der Waals surface area contributed by atoms with Gasteiger partial charge in [0.2, 0.25) is 0 Å². The quantitative estimate of drug-likeness (QED) is 0.848. The molecule has 1 aromatic carbocycles. The summed E-state index contributed by atoms with van der Waals surface area (Å²) in [6.07, 6.45) is 0.574. The van der Waals surface area contributed by atoms with Crippen LogP contribution in [0.15, 0.2) is 22.7 Å². The Balaban J connectivity index is 2.56. The van der Waals surface area contributed by atoms with Crippen molar-refractivity contribution in [2.24, 2.45) is 5.92 Å². The van der Waals surface area contributed by atoms with E-state index in [-0.39, 0.29) is 5.92 Å². The predicted octanol–water partition coefficient (Wildman–Crippen LogP) is 2.98. The van der Waals surface area contributed by atoms with Crippen molar-refractivity contribution in [1.29, 1.82) is 0 Å². The SMILES string of the molecule is COc1ccc(Br)cc1NCCC(C)C(=O)O. The molecule has 0 fully saturated rings. The van der Waals surface area contributed by atoms with E-state index in [0.29, 0.717) is 13.0 Å². The summed E-state index contributed by atoms with van der Waals surface area (Å²) in [6, 6.07) is 5.65. The summed E-state index contributed by atoms with van der Waals surface area (Å²) in [5.41, 5.74) is 0.861. The van der Waals surface area contributed by atoms with Crippen LogP contribution in [0.1, 0.15) is 13.3 Å². The lowest BCUT2D eigenvalue weighted by Gasteiger charge is -2.12. The number of hydrogen-bond acceptors (Lipinski definition) is 3. The Morgan fingerprint density at radius 3 is 2.88 bits per heavy atom. The number of carboxylic acids is 1. The number of hydrogen-bond donors (Lipinski definition) is 2. The Morgan fingerprint density at radius 1 is 1.59 bits per heavy atom. The van der Waals surface area contributed by atoms with Gasteiger partial charge in [-0.3, -0.25) is 4.79 Å². The van der Waals surface area contributed by atoms with Crippen molar-refractivity contribution in [3.8, 4) is 5.75 Å². The first-order valence-corrected chi connectivity index (χ1v) is 6.14. The van der Waals surface area contributed by atoms with Gasteiger partial charge < -0.3 is 15.2 Å². The molecule has 0 aliphatic heterocycles. The Bertz CT molecular complexity index is 395. The van der Waals surface area contributed by atoms with Gasteiger partial charge in [-0.2, -0.15) is 0 Å². The number of carboxylic acid groups (broad SMARTS) is 1. The third-order valence-electron chi connectivity index (χ3n) is 2.48. The van der Waals surface area contributed by atoms with Gasteiger partial charge in [0.25, 0.3) is 0 Å². The third-order valence-corrected chi connectivity index (χ3v) is 2.97. The molecule has 1 aromatic rings. The van der Waals surface area contributed by atoms with Gasteiger partial charge >= 0.3 is 5.97 Å². The number of ether oxygens (including phenoxy) is 1. The largest absolute Gasteiger partial charge is 0.495 e. The molecular formula is C12H16BrNO3. The van der Waals surface area contributed by atoms with Crippen LogP contribution in [0.4, 0.5) is 5.69 Å². The minimum Gasteiger partial charge on any atom is -0.495 e. The van der Waals surface area contributed by atoms with E-state index in [4.69, 9.17) is 9.84 Å². The molecule has 94 valence electrons. The van der Waals surface area contributed by atoms with E-state index in [2.05, 4.69) is 21.2 Å². The van der Waals surface area contributed by atoms with Crippen molar-refractivity contribution in [1.82, 2.24) is 0 Å². The molecule has 0 spiro atoms. The highest BCUT2D eigenvalue weighted by molar-refractivity contribution is 9.10. The number of carbonyl (C=O) groups is 1. The highest BCUT2D eigenvalue weighted by Gasteiger charge is 2.10. The maximum absolute atomic E-state index is 10.7. The van der Waals surface area contributed by atoms with Gasteiger partial charge in [0.15, 0.2) is 0 Å². The van der Waals surface area contributed by atoms with Gasteiger partial charge in [0.05, 0.1) is 18.7 Å². The minimum absolute atomic E-state index is 0.347. The first-order chi connectivity index (χ1) is 8.04. The molecule has 5 heteroatoms. The minimum atomic E-state index is -0.770. The molecule has 17 heavy (non-hydrogen) atoms. The van der Waals surface area contributed by atoms with Crippen LogP contribution in [0, 0.1) is 5.92 Å². The molecule has 1 atom stereocenters. The van der Waals surface area contributed by atoms with E-state index < -0.39 is 5.97 Å². The number of methoxy groups -OCH3 is 1. The van der Waals surface area contributed by atoms with E-state index in [9.17, 15) is 4.79 Å². The molecule has 0 bridgehead atoms.